The summed E-state index contributed by atoms with van der Waals surface area (Å²) in [6, 6.07) is 0. The molecular formula is C17H29N5O2S. The van der Waals surface area contributed by atoms with Gasteiger partial charge in [0.1, 0.15) is 11.6 Å². The highest BCUT2D eigenvalue weighted by atomic mass is 32.2. The third kappa shape index (κ3) is 4.74. The summed E-state index contributed by atoms with van der Waals surface area (Å²) in [5, 5.41) is 8.90. The first-order valence-corrected chi connectivity index (χ1v) is 10.5. The van der Waals surface area contributed by atoms with Crippen LogP contribution < -0.4 is 0 Å². The van der Waals surface area contributed by atoms with Crippen LogP contribution in [0.15, 0.2) is 0 Å². The number of aromatic nitrogens is 3. The van der Waals surface area contributed by atoms with Gasteiger partial charge in [-0.25, -0.2) is 0 Å². The summed E-state index contributed by atoms with van der Waals surface area (Å²) < 4.78 is 7.54. The van der Waals surface area contributed by atoms with Crippen LogP contribution in [-0.2, 0) is 23.1 Å². The minimum absolute atomic E-state index is 0.273. The average Bonchev–Trinajstić information content (AvgIpc) is 3.01. The number of carbonyl (C=O) groups excluding carboxylic acids is 1. The highest BCUT2D eigenvalue weighted by Crippen LogP contribution is 2.26. The lowest BCUT2D eigenvalue weighted by atomic mass is 9.97. The molecule has 1 atom stereocenters. The van der Waals surface area contributed by atoms with Crippen molar-refractivity contribution in [3.8, 4) is 0 Å². The van der Waals surface area contributed by atoms with Crippen LogP contribution in [0.2, 0.25) is 0 Å². The molecule has 1 unspecified atom stereocenters. The van der Waals surface area contributed by atoms with Gasteiger partial charge in [-0.15, -0.1) is 10.2 Å². The molecule has 0 aromatic carbocycles. The Labute approximate surface area is 154 Å². The van der Waals surface area contributed by atoms with Crippen LogP contribution in [0.1, 0.15) is 36.8 Å². The Kier molecular flexibility index (Phi) is 6.72. The molecule has 2 saturated heterocycles. The van der Waals surface area contributed by atoms with E-state index in [0.717, 1.165) is 76.2 Å². The number of morpholine rings is 1. The number of thioether (sulfide) groups is 1. The fraction of sp³-hybridized carbons (Fsp3) is 0.824. The largest absolute Gasteiger partial charge is 0.379 e. The molecule has 140 valence electrons. The van der Waals surface area contributed by atoms with Crippen molar-refractivity contribution in [2.75, 3.05) is 51.4 Å². The van der Waals surface area contributed by atoms with E-state index in [-0.39, 0.29) is 5.91 Å². The van der Waals surface area contributed by atoms with Crippen LogP contribution in [0.4, 0.5) is 0 Å². The van der Waals surface area contributed by atoms with E-state index >= 15 is 0 Å². The van der Waals surface area contributed by atoms with E-state index in [1.54, 1.807) is 11.8 Å². The van der Waals surface area contributed by atoms with Crippen molar-refractivity contribution >= 4 is 17.7 Å². The van der Waals surface area contributed by atoms with Crippen molar-refractivity contribution in [1.82, 2.24) is 24.6 Å². The Morgan fingerprint density at radius 1 is 1.28 bits per heavy atom. The predicted octanol–water partition coefficient (Wildman–Crippen LogP) is 1.11. The molecule has 0 saturated carbocycles. The molecule has 3 heterocycles. The number of likely N-dealkylation sites (tertiary alicyclic amines) is 1. The van der Waals surface area contributed by atoms with Crippen molar-refractivity contribution in [2.24, 2.45) is 7.05 Å². The molecule has 1 aromatic heterocycles. The van der Waals surface area contributed by atoms with Crippen molar-refractivity contribution in [1.29, 1.82) is 0 Å². The monoisotopic (exact) mass is 367 g/mol. The molecule has 8 heteroatoms. The quantitative estimate of drug-likeness (QED) is 0.750. The highest BCUT2D eigenvalue weighted by molar-refractivity contribution is 7.98. The van der Waals surface area contributed by atoms with Gasteiger partial charge in [0, 0.05) is 51.3 Å². The zero-order valence-electron chi connectivity index (χ0n) is 15.3. The van der Waals surface area contributed by atoms with E-state index in [1.807, 2.05) is 11.2 Å². The van der Waals surface area contributed by atoms with Crippen LogP contribution in [0.5, 0.6) is 0 Å². The Bertz CT molecular complexity index is 573. The zero-order valence-corrected chi connectivity index (χ0v) is 16.1. The van der Waals surface area contributed by atoms with Crippen LogP contribution in [0.25, 0.3) is 0 Å². The normalized spacial score (nSPS) is 22.3. The predicted molar refractivity (Wildman–Crippen MR) is 98.7 cm³/mol. The minimum Gasteiger partial charge on any atom is -0.379 e. The Balaban J connectivity index is 1.62. The first-order valence-electron chi connectivity index (χ1n) is 9.14. The second-order valence-electron chi connectivity index (χ2n) is 6.84. The molecule has 3 rings (SSSR count). The number of carbonyl (C=O) groups is 1. The van der Waals surface area contributed by atoms with Crippen LogP contribution in [0.3, 0.4) is 0 Å². The second kappa shape index (κ2) is 9.00. The molecule has 7 nitrogen and oxygen atoms in total. The topological polar surface area (TPSA) is 63.5 Å². The lowest BCUT2D eigenvalue weighted by molar-refractivity contribution is -0.132. The van der Waals surface area contributed by atoms with Crippen LogP contribution in [-0.4, -0.2) is 81.9 Å². The number of piperidine rings is 1. The van der Waals surface area contributed by atoms with E-state index in [2.05, 4.69) is 26.7 Å². The standard InChI is InChI=1S/C17H29N5O2S/c1-20-15(13-21-7-9-24-10-8-21)18-19-17(20)14-4-3-6-22(12-14)16(23)5-11-25-2/h14H,3-13H2,1-2H3. The van der Waals surface area contributed by atoms with Crippen molar-refractivity contribution in [2.45, 2.75) is 31.7 Å². The van der Waals surface area contributed by atoms with Gasteiger partial charge in [-0.2, -0.15) is 11.8 Å². The van der Waals surface area contributed by atoms with Gasteiger partial charge in [0.05, 0.1) is 19.8 Å². The first-order chi connectivity index (χ1) is 12.2. The number of hydrogen-bond acceptors (Lipinski definition) is 6. The van der Waals surface area contributed by atoms with Gasteiger partial charge in [-0.05, 0) is 19.1 Å². The lowest BCUT2D eigenvalue weighted by Gasteiger charge is -2.32. The van der Waals surface area contributed by atoms with Gasteiger partial charge in [-0.1, -0.05) is 0 Å². The molecule has 0 aliphatic carbocycles. The average molecular weight is 368 g/mol. The lowest BCUT2D eigenvalue weighted by Crippen LogP contribution is -2.40. The highest BCUT2D eigenvalue weighted by Gasteiger charge is 2.28. The summed E-state index contributed by atoms with van der Waals surface area (Å²) in [6.07, 6.45) is 4.80. The summed E-state index contributed by atoms with van der Waals surface area (Å²) in [7, 11) is 2.06. The number of amides is 1. The van der Waals surface area contributed by atoms with Crippen molar-refractivity contribution in [3.05, 3.63) is 11.6 Å². The molecule has 0 N–H and O–H groups in total. The maximum absolute atomic E-state index is 12.3. The molecule has 25 heavy (non-hydrogen) atoms. The summed E-state index contributed by atoms with van der Waals surface area (Å²) in [5.41, 5.74) is 0. The van der Waals surface area contributed by atoms with E-state index in [0.29, 0.717) is 12.3 Å². The molecule has 2 fully saturated rings. The molecule has 0 spiro atoms. The van der Waals surface area contributed by atoms with Gasteiger partial charge in [-0.3, -0.25) is 9.69 Å². The zero-order chi connectivity index (χ0) is 17.6. The molecular weight excluding hydrogens is 338 g/mol. The molecule has 1 aromatic rings. The molecule has 0 radical (unpaired) electrons. The minimum atomic E-state index is 0.273. The third-order valence-corrected chi connectivity index (χ3v) is 5.74. The van der Waals surface area contributed by atoms with Crippen LogP contribution in [0, 0.1) is 0 Å². The first kappa shape index (κ1) is 18.7. The Morgan fingerprint density at radius 2 is 2.08 bits per heavy atom. The summed E-state index contributed by atoms with van der Waals surface area (Å²) in [4.78, 5) is 16.7. The smallest absolute Gasteiger partial charge is 0.223 e. The van der Waals surface area contributed by atoms with E-state index in [4.69, 9.17) is 4.74 Å². The molecule has 2 aliphatic heterocycles. The van der Waals surface area contributed by atoms with Crippen molar-refractivity contribution in [3.63, 3.8) is 0 Å². The number of hydrogen-bond donors (Lipinski definition) is 0. The fourth-order valence-corrected chi connectivity index (χ4v) is 3.97. The number of rotatable bonds is 6. The van der Waals surface area contributed by atoms with Gasteiger partial charge >= 0.3 is 0 Å². The van der Waals surface area contributed by atoms with Gasteiger partial charge in [0.25, 0.3) is 0 Å². The van der Waals surface area contributed by atoms with Gasteiger partial charge in [0.2, 0.25) is 5.91 Å². The summed E-state index contributed by atoms with van der Waals surface area (Å²) in [5.74, 6) is 3.49. The second-order valence-corrected chi connectivity index (χ2v) is 7.83. The maximum atomic E-state index is 12.3. The molecule has 2 aliphatic rings. The number of nitrogens with zero attached hydrogens (tertiary/aromatic N) is 5. The van der Waals surface area contributed by atoms with E-state index in [1.165, 1.54) is 0 Å². The summed E-state index contributed by atoms with van der Waals surface area (Å²) in [6.45, 7) is 5.95. The molecule has 0 bridgehead atoms. The van der Waals surface area contributed by atoms with Gasteiger partial charge in [0.15, 0.2) is 0 Å². The van der Waals surface area contributed by atoms with Crippen LogP contribution >= 0.6 is 11.8 Å². The SMILES string of the molecule is CSCCC(=O)N1CCCC(c2nnc(CN3CCOCC3)n2C)C1. The fourth-order valence-electron chi connectivity index (χ4n) is 3.59. The van der Waals surface area contributed by atoms with Crippen molar-refractivity contribution < 1.29 is 9.53 Å². The Morgan fingerprint density at radius 3 is 2.84 bits per heavy atom. The maximum Gasteiger partial charge on any atom is 0.223 e. The van der Waals surface area contributed by atoms with Gasteiger partial charge < -0.3 is 14.2 Å². The summed E-state index contributed by atoms with van der Waals surface area (Å²) >= 11 is 1.73. The Hall–Kier alpha value is -1.12. The third-order valence-electron chi connectivity index (χ3n) is 5.13. The van der Waals surface area contributed by atoms with E-state index < -0.39 is 0 Å². The molecule has 1 amide bonds. The number of ether oxygens (including phenoxy) is 1. The van der Waals surface area contributed by atoms with E-state index in [9.17, 15) is 4.79 Å².